The lowest BCUT2D eigenvalue weighted by molar-refractivity contribution is -0.121. The molecule has 0 bridgehead atoms. The Kier molecular flexibility index (Phi) is 5.91. The van der Waals surface area contributed by atoms with Crippen LogP contribution in [0.3, 0.4) is 0 Å². The number of methoxy groups -OCH3 is 1. The molecule has 1 amide bonds. The average Bonchev–Trinajstić information content (AvgIpc) is 3.19. The summed E-state index contributed by atoms with van der Waals surface area (Å²) in [7, 11) is -5.40. The lowest BCUT2D eigenvalue weighted by Crippen LogP contribution is -2.36. The van der Waals surface area contributed by atoms with E-state index in [2.05, 4.69) is 15.0 Å². The number of rotatable bonds is 7. The minimum Gasteiger partial charge on any atom is -0.497 e. The van der Waals surface area contributed by atoms with Crippen LogP contribution in [0, 0.1) is 0 Å². The molecule has 152 valence electrons. The summed E-state index contributed by atoms with van der Waals surface area (Å²) in [5.74, 6) is 0.211. The van der Waals surface area contributed by atoms with Crippen LogP contribution in [0.25, 0.3) is 0 Å². The van der Waals surface area contributed by atoms with E-state index in [0.29, 0.717) is 17.9 Å². The Balaban J connectivity index is 1.59. The van der Waals surface area contributed by atoms with E-state index < -0.39 is 19.9 Å². The third kappa shape index (κ3) is 5.20. The fourth-order valence-electron chi connectivity index (χ4n) is 2.72. The van der Waals surface area contributed by atoms with Gasteiger partial charge >= 0.3 is 0 Å². The summed E-state index contributed by atoms with van der Waals surface area (Å²) in [6, 6.07) is 5.52. The number of nitrogens with zero attached hydrogens (tertiary/aromatic N) is 1. The van der Waals surface area contributed by atoms with Crippen LogP contribution in [-0.2, 0) is 31.1 Å². The van der Waals surface area contributed by atoms with Crippen molar-refractivity contribution in [3.05, 3.63) is 35.3 Å². The predicted octanol–water partition coefficient (Wildman–Crippen LogP) is 0.798. The summed E-state index contributed by atoms with van der Waals surface area (Å²) < 4.78 is 55.1. The molecule has 0 aliphatic carbocycles. The van der Waals surface area contributed by atoms with Gasteiger partial charge in [-0.3, -0.25) is 9.52 Å². The van der Waals surface area contributed by atoms with E-state index in [-0.39, 0.29) is 39.9 Å². The van der Waals surface area contributed by atoms with Crippen LogP contribution in [-0.4, -0.2) is 52.4 Å². The zero-order valence-corrected chi connectivity index (χ0v) is 17.4. The third-order valence-electron chi connectivity index (χ3n) is 4.08. The second kappa shape index (κ2) is 8.05. The molecule has 2 aromatic rings. The van der Waals surface area contributed by atoms with E-state index in [1.165, 1.54) is 31.4 Å². The Morgan fingerprint density at radius 1 is 1.32 bits per heavy atom. The fourth-order valence-corrected chi connectivity index (χ4v) is 6.35. The van der Waals surface area contributed by atoms with Crippen LogP contribution in [0.1, 0.15) is 12.1 Å². The molecular formula is C16H19N3O6S3. The molecule has 1 atom stereocenters. The normalized spacial score (nSPS) is 18.5. The van der Waals surface area contributed by atoms with Crippen LogP contribution in [0.15, 0.2) is 34.5 Å². The largest absolute Gasteiger partial charge is 0.497 e. The number of amides is 1. The van der Waals surface area contributed by atoms with E-state index in [9.17, 15) is 21.6 Å². The summed E-state index contributed by atoms with van der Waals surface area (Å²) in [6.45, 7) is 0. The molecule has 1 fully saturated rings. The van der Waals surface area contributed by atoms with Gasteiger partial charge in [-0.1, -0.05) is 0 Å². The van der Waals surface area contributed by atoms with Gasteiger partial charge in [-0.05, 0) is 30.7 Å². The van der Waals surface area contributed by atoms with Gasteiger partial charge in [0, 0.05) is 11.4 Å². The van der Waals surface area contributed by atoms with Crippen LogP contribution in [0.4, 0.5) is 5.13 Å². The van der Waals surface area contributed by atoms with E-state index in [1.807, 2.05) is 0 Å². The number of ether oxygens (including phenoxy) is 1. The van der Waals surface area contributed by atoms with Gasteiger partial charge in [0.05, 0.1) is 35.6 Å². The van der Waals surface area contributed by atoms with Gasteiger partial charge in [0.1, 0.15) is 5.75 Å². The summed E-state index contributed by atoms with van der Waals surface area (Å²) in [5, 5.41) is 4.39. The maximum atomic E-state index is 12.4. The SMILES string of the molecule is COc1ccc(S(=O)(=O)Nc2nc(CC(=O)N[C@@H]3CCS(=O)(=O)C3)cs2)cc1. The number of thiazole rings is 1. The second-order valence-corrected chi connectivity index (χ2v) is 11.0. The zero-order valence-electron chi connectivity index (χ0n) is 14.9. The number of benzene rings is 1. The summed E-state index contributed by atoms with van der Waals surface area (Å²) in [6.07, 6.45) is 0.343. The highest BCUT2D eigenvalue weighted by atomic mass is 32.2. The molecule has 0 unspecified atom stereocenters. The molecule has 0 radical (unpaired) electrons. The molecule has 3 rings (SSSR count). The Bertz CT molecular complexity index is 1060. The highest BCUT2D eigenvalue weighted by molar-refractivity contribution is 7.93. The molecule has 1 aromatic heterocycles. The number of sulfone groups is 1. The summed E-state index contributed by atoms with van der Waals surface area (Å²) in [4.78, 5) is 16.2. The van der Waals surface area contributed by atoms with Crippen molar-refractivity contribution in [2.45, 2.75) is 23.8 Å². The molecule has 2 N–H and O–H groups in total. The Morgan fingerprint density at radius 3 is 2.64 bits per heavy atom. The first-order chi connectivity index (χ1) is 13.2. The van der Waals surface area contributed by atoms with Gasteiger partial charge in [-0.25, -0.2) is 21.8 Å². The number of hydrogen-bond acceptors (Lipinski definition) is 8. The monoisotopic (exact) mass is 445 g/mol. The molecule has 1 saturated heterocycles. The highest BCUT2D eigenvalue weighted by Crippen LogP contribution is 2.22. The van der Waals surface area contributed by atoms with E-state index in [0.717, 1.165) is 11.3 Å². The second-order valence-electron chi connectivity index (χ2n) is 6.27. The third-order valence-corrected chi connectivity index (χ3v) is 8.14. The summed E-state index contributed by atoms with van der Waals surface area (Å²) >= 11 is 1.06. The number of nitrogens with one attached hydrogen (secondary N) is 2. The minimum absolute atomic E-state index is 0.0529. The standard InChI is InChI=1S/C16H19N3O6S3/c1-25-13-2-4-14(5-3-13)28(23,24)19-16-18-12(9-26-16)8-15(20)17-11-6-7-27(21,22)10-11/h2-5,9,11H,6-8,10H2,1H3,(H,17,20)(H,18,19)/t11-/m1/s1. The van der Waals surface area contributed by atoms with Gasteiger partial charge in [-0.2, -0.15) is 0 Å². The van der Waals surface area contributed by atoms with Crippen molar-refractivity contribution in [2.24, 2.45) is 0 Å². The van der Waals surface area contributed by atoms with E-state index in [1.54, 1.807) is 5.38 Å². The lowest BCUT2D eigenvalue weighted by Gasteiger charge is -2.09. The van der Waals surface area contributed by atoms with Crippen LogP contribution >= 0.6 is 11.3 Å². The first-order valence-electron chi connectivity index (χ1n) is 8.28. The smallest absolute Gasteiger partial charge is 0.263 e. The van der Waals surface area contributed by atoms with Gasteiger partial charge in [0.2, 0.25) is 5.91 Å². The van der Waals surface area contributed by atoms with Crippen LogP contribution < -0.4 is 14.8 Å². The minimum atomic E-state index is -3.81. The van der Waals surface area contributed by atoms with Crippen molar-refractivity contribution in [2.75, 3.05) is 23.3 Å². The molecule has 1 aromatic carbocycles. The Morgan fingerprint density at radius 2 is 2.04 bits per heavy atom. The van der Waals surface area contributed by atoms with E-state index >= 15 is 0 Å². The number of anilines is 1. The number of carbonyl (C=O) groups is 1. The first-order valence-corrected chi connectivity index (χ1v) is 12.5. The fraction of sp³-hybridized carbons (Fsp3) is 0.375. The molecule has 28 heavy (non-hydrogen) atoms. The average molecular weight is 446 g/mol. The molecule has 1 aliphatic rings. The quantitative estimate of drug-likeness (QED) is 0.644. The van der Waals surface area contributed by atoms with Crippen molar-refractivity contribution in [1.29, 1.82) is 0 Å². The summed E-state index contributed by atoms with van der Waals surface area (Å²) in [5.41, 5.74) is 0.399. The molecule has 0 spiro atoms. The molecular weight excluding hydrogens is 426 g/mol. The molecule has 0 saturated carbocycles. The molecule has 12 heteroatoms. The Labute approximate surface area is 167 Å². The van der Waals surface area contributed by atoms with Gasteiger partial charge in [0.25, 0.3) is 10.0 Å². The molecule has 1 aliphatic heterocycles. The first kappa shape index (κ1) is 20.6. The van der Waals surface area contributed by atoms with Crippen molar-refractivity contribution in [3.8, 4) is 5.75 Å². The van der Waals surface area contributed by atoms with Crippen molar-refractivity contribution >= 4 is 42.2 Å². The lowest BCUT2D eigenvalue weighted by atomic mass is 10.2. The van der Waals surface area contributed by atoms with Crippen LogP contribution in [0.2, 0.25) is 0 Å². The van der Waals surface area contributed by atoms with Gasteiger partial charge < -0.3 is 10.1 Å². The number of carbonyl (C=O) groups excluding carboxylic acids is 1. The number of sulfonamides is 1. The Hall–Kier alpha value is -2.18. The maximum absolute atomic E-state index is 12.4. The highest BCUT2D eigenvalue weighted by Gasteiger charge is 2.29. The zero-order chi connectivity index (χ0) is 20.4. The van der Waals surface area contributed by atoms with Gasteiger partial charge in [-0.15, -0.1) is 11.3 Å². The maximum Gasteiger partial charge on any atom is 0.263 e. The van der Waals surface area contributed by atoms with Crippen molar-refractivity contribution < 1.29 is 26.4 Å². The molecule has 9 nitrogen and oxygen atoms in total. The van der Waals surface area contributed by atoms with Crippen LogP contribution in [0.5, 0.6) is 5.75 Å². The topological polar surface area (TPSA) is 132 Å². The predicted molar refractivity (Wildman–Crippen MR) is 105 cm³/mol. The van der Waals surface area contributed by atoms with Crippen molar-refractivity contribution in [1.82, 2.24) is 10.3 Å². The molecule has 2 heterocycles. The van der Waals surface area contributed by atoms with Crippen molar-refractivity contribution in [3.63, 3.8) is 0 Å². The number of hydrogen-bond donors (Lipinski definition) is 2. The van der Waals surface area contributed by atoms with Gasteiger partial charge in [0.15, 0.2) is 15.0 Å². The number of aromatic nitrogens is 1. The van der Waals surface area contributed by atoms with E-state index in [4.69, 9.17) is 4.74 Å².